The maximum Gasteiger partial charge on any atom is 0.311 e. The Morgan fingerprint density at radius 3 is 2.72 bits per heavy atom. The van der Waals surface area contributed by atoms with Gasteiger partial charge in [0.25, 0.3) is 0 Å². The molecule has 2 aromatic carbocycles. The fourth-order valence-electron chi connectivity index (χ4n) is 3.30. The number of aryl methyl sites for hydroxylation is 1. The van der Waals surface area contributed by atoms with Crippen LogP contribution in [0.25, 0.3) is 22.8 Å². The summed E-state index contributed by atoms with van der Waals surface area (Å²) in [4.78, 5) is 10.9. The number of benzene rings is 2. The molecule has 0 radical (unpaired) electrons. The highest BCUT2D eigenvalue weighted by Gasteiger charge is 2.25. The van der Waals surface area contributed by atoms with Gasteiger partial charge in [0.15, 0.2) is 11.6 Å². The second kappa shape index (κ2) is 8.63. The van der Waals surface area contributed by atoms with Gasteiger partial charge in [0.1, 0.15) is 0 Å². The molecule has 4 aromatic rings. The van der Waals surface area contributed by atoms with Crippen LogP contribution in [0.2, 0.25) is 0 Å². The molecule has 0 atom stereocenters. The van der Waals surface area contributed by atoms with Crippen LogP contribution in [0.1, 0.15) is 5.56 Å². The van der Waals surface area contributed by atoms with Crippen molar-refractivity contribution in [2.24, 2.45) is 7.05 Å². The van der Waals surface area contributed by atoms with E-state index in [-0.39, 0.29) is 23.9 Å². The minimum atomic E-state index is -0.533. The SMILES string of the molecule is COc1c([N+](=O)[O-])ccc(CCOc2c(N)cccc2-c2nnnn2C)c1-c1nn[nH]n1. The van der Waals surface area contributed by atoms with Crippen LogP contribution in [0.15, 0.2) is 30.3 Å². The van der Waals surface area contributed by atoms with Crippen molar-refractivity contribution in [2.45, 2.75) is 6.42 Å². The lowest BCUT2D eigenvalue weighted by atomic mass is 10.0. The summed E-state index contributed by atoms with van der Waals surface area (Å²) in [5.74, 6) is 1.14. The van der Waals surface area contributed by atoms with Crippen LogP contribution < -0.4 is 15.2 Å². The molecule has 14 heteroatoms. The highest BCUT2D eigenvalue weighted by molar-refractivity contribution is 5.75. The van der Waals surface area contributed by atoms with Gasteiger partial charge in [-0.05, 0) is 33.3 Å². The van der Waals surface area contributed by atoms with Gasteiger partial charge < -0.3 is 15.2 Å². The van der Waals surface area contributed by atoms with Crippen molar-refractivity contribution < 1.29 is 14.4 Å². The second-order valence-corrected chi connectivity index (χ2v) is 6.59. The molecule has 0 saturated carbocycles. The summed E-state index contributed by atoms with van der Waals surface area (Å²) < 4.78 is 12.8. The van der Waals surface area contributed by atoms with Gasteiger partial charge in [0.05, 0.1) is 35.5 Å². The third-order valence-corrected chi connectivity index (χ3v) is 4.72. The Morgan fingerprint density at radius 1 is 1.22 bits per heavy atom. The van der Waals surface area contributed by atoms with Crippen LogP contribution in [-0.2, 0) is 13.5 Å². The number of nitro benzene ring substituents is 1. The van der Waals surface area contributed by atoms with Crippen molar-refractivity contribution in [3.05, 3.63) is 46.0 Å². The summed E-state index contributed by atoms with van der Waals surface area (Å²) in [6.07, 6.45) is 0.350. The topological polar surface area (TPSA) is 186 Å². The standard InChI is InChI=1S/C18H18N10O4/c1-27-18(22-25-26-27)11-4-3-5-12(19)15(11)32-9-8-10-6-7-13(28(29)30)16(31-2)14(10)17-20-23-24-21-17/h3-7H,8-9,19H2,1-2H3,(H,20,21,23,24). The number of methoxy groups -OCH3 is 1. The van der Waals surface area contributed by atoms with E-state index in [0.29, 0.717) is 40.4 Å². The Hall–Kier alpha value is -4.62. The van der Waals surface area contributed by atoms with Gasteiger partial charge in [-0.15, -0.1) is 15.3 Å². The molecule has 0 amide bonds. The highest BCUT2D eigenvalue weighted by atomic mass is 16.6. The third-order valence-electron chi connectivity index (χ3n) is 4.72. The zero-order valence-corrected chi connectivity index (χ0v) is 17.1. The zero-order valence-electron chi connectivity index (χ0n) is 17.1. The van der Waals surface area contributed by atoms with Crippen LogP contribution in [0, 0.1) is 10.1 Å². The predicted octanol–water partition coefficient (Wildman–Crippen LogP) is 1.18. The largest absolute Gasteiger partial charge is 0.490 e. The number of nitrogens with one attached hydrogen (secondary N) is 1. The number of hydrogen-bond acceptors (Lipinski definition) is 11. The van der Waals surface area contributed by atoms with Gasteiger partial charge >= 0.3 is 5.69 Å². The summed E-state index contributed by atoms with van der Waals surface area (Å²) in [5, 5.41) is 36.7. The number of aromatic nitrogens is 8. The quantitative estimate of drug-likeness (QED) is 0.228. The first-order valence-electron chi connectivity index (χ1n) is 9.33. The molecule has 2 aromatic heterocycles. The van der Waals surface area contributed by atoms with E-state index < -0.39 is 4.92 Å². The van der Waals surface area contributed by atoms with Crippen LogP contribution >= 0.6 is 0 Å². The average molecular weight is 438 g/mol. The molecule has 0 spiro atoms. The van der Waals surface area contributed by atoms with Crippen molar-refractivity contribution in [3.8, 4) is 34.3 Å². The Kier molecular flexibility index (Phi) is 5.57. The van der Waals surface area contributed by atoms with E-state index >= 15 is 0 Å². The van der Waals surface area contributed by atoms with Crippen LogP contribution in [0.4, 0.5) is 11.4 Å². The lowest BCUT2D eigenvalue weighted by Gasteiger charge is -2.15. The van der Waals surface area contributed by atoms with Gasteiger partial charge in [-0.2, -0.15) is 5.21 Å². The maximum atomic E-state index is 11.4. The number of anilines is 1. The molecule has 14 nitrogen and oxygen atoms in total. The van der Waals surface area contributed by atoms with E-state index in [1.165, 1.54) is 17.9 Å². The number of tetrazole rings is 2. The van der Waals surface area contributed by atoms with Crippen molar-refractivity contribution in [1.29, 1.82) is 0 Å². The third kappa shape index (κ3) is 3.76. The lowest BCUT2D eigenvalue weighted by molar-refractivity contribution is -0.385. The lowest BCUT2D eigenvalue weighted by Crippen LogP contribution is -2.08. The monoisotopic (exact) mass is 438 g/mol. The van der Waals surface area contributed by atoms with E-state index in [4.69, 9.17) is 15.2 Å². The Bertz CT molecular complexity index is 1250. The summed E-state index contributed by atoms with van der Waals surface area (Å²) in [5.41, 5.74) is 8.01. The molecule has 2 heterocycles. The molecule has 0 aliphatic carbocycles. The van der Waals surface area contributed by atoms with Gasteiger partial charge in [0, 0.05) is 19.5 Å². The number of H-pyrrole nitrogens is 1. The van der Waals surface area contributed by atoms with Crippen LogP contribution in [-0.4, -0.2) is 59.5 Å². The minimum Gasteiger partial charge on any atom is -0.490 e. The molecular weight excluding hydrogens is 420 g/mol. The smallest absolute Gasteiger partial charge is 0.311 e. The summed E-state index contributed by atoms with van der Waals surface area (Å²) in [7, 11) is 3.06. The van der Waals surface area contributed by atoms with Crippen LogP contribution in [0.5, 0.6) is 11.5 Å². The number of nitro groups is 1. The predicted molar refractivity (Wildman–Crippen MR) is 111 cm³/mol. The van der Waals surface area contributed by atoms with E-state index in [9.17, 15) is 10.1 Å². The maximum absolute atomic E-state index is 11.4. The first-order valence-corrected chi connectivity index (χ1v) is 9.33. The summed E-state index contributed by atoms with van der Waals surface area (Å²) >= 11 is 0. The summed E-state index contributed by atoms with van der Waals surface area (Å²) in [6.45, 7) is 0.193. The summed E-state index contributed by atoms with van der Waals surface area (Å²) in [6, 6.07) is 8.27. The van der Waals surface area contributed by atoms with E-state index in [1.807, 2.05) is 0 Å². The molecule has 0 aliphatic rings. The number of nitrogens with two attached hydrogens (primary N) is 1. The number of para-hydroxylation sites is 1. The molecular formula is C18H18N10O4. The molecule has 4 rings (SSSR count). The number of hydrogen-bond donors (Lipinski definition) is 2. The Labute approximate surface area is 180 Å². The minimum absolute atomic E-state index is 0.0407. The number of ether oxygens (including phenoxy) is 2. The van der Waals surface area contributed by atoms with E-state index in [2.05, 4.69) is 36.1 Å². The second-order valence-electron chi connectivity index (χ2n) is 6.59. The Morgan fingerprint density at radius 2 is 2.06 bits per heavy atom. The van der Waals surface area contributed by atoms with Crippen molar-refractivity contribution in [1.82, 2.24) is 40.8 Å². The number of rotatable bonds is 8. The molecule has 0 fully saturated rings. The first kappa shape index (κ1) is 20.6. The van der Waals surface area contributed by atoms with Gasteiger partial charge in [-0.1, -0.05) is 12.1 Å². The first-order chi connectivity index (χ1) is 15.5. The van der Waals surface area contributed by atoms with Gasteiger partial charge in [-0.3, -0.25) is 10.1 Å². The van der Waals surface area contributed by atoms with Crippen molar-refractivity contribution in [3.63, 3.8) is 0 Å². The molecule has 0 bridgehead atoms. The van der Waals surface area contributed by atoms with Gasteiger partial charge in [0.2, 0.25) is 11.6 Å². The molecule has 0 saturated heterocycles. The molecule has 164 valence electrons. The number of aromatic amines is 1. The molecule has 0 aliphatic heterocycles. The number of nitrogens with zero attached hydrogens (tertiary/aromatic N) is 8. The van der Waals surface area contributed by atoms with Crippen molar-refractivity contribution >= 4 is 11.4 Å². The zero-order chi connectivity index (χ0) is 22.7. The highest BCUT2D eigenvalue weighted by Crippen LogP contribution is 2.39. The Balaban J connectivity index is 1.65. The van der Waals surface area contributed by atoms with Crippen LogP contribution in [0.3, 0.4) is 0 Å². The fraction of sp³-hybridized carbons (Fsp3) is 0.222. The normalized spacial score (nSPS) is 10.8. The average Bonchev–Trinajstić information content (AvgIpc) is 3.46. The van der Waals surface area contributed by atoms with Crippen molar-refractivity contribution in [2.75, 3.05) is 19.5 Å². The van der Waals surface area contributed by atoms with E-state index in [1.54, 1.807) is 31.3 Å². The number of nitrogen functional groups attached to an aromatic ring is 1. The molecule has 3 N–H and O–H groups in total. The molecule has 0 unspecified atom stereocenters. The van der Waals surface area contributed by atoms with E-state index in [0.717, 1.165) is 0 Å². The van der Waals surface area contributed by atoms with Gasteiger partial charge in [-0.25, -0.2) is 4.68 Å². The molecule has 32 heavy (non-hydrogen) atoms. The fourth-order valence-corrected chi connectivity index (χ4v) is 3.30.